The third-order valence-electron chi connectivity index (χ3n) is 5.00. The van der Waals surface area contributed by atoms with Gasteiger partial charge in [0.2, 0.25) is 5.91 Å². The number of anilines is 1. The summed E-state index contributed by atoms with van der Waals surface area (Å²) in [7, 11) is 0. The molecule has 1 aromatic rings. The first-order valence-corrected chi connectivity index (χ1v) is 8.05. The molecule has 5 heteroatoms. The van der Waals surface area contributed by atoms with Crippen LogP contribution in [0.4, 0.5) is 5.69 Å². The van der Waals surface area contributed by atoms with Crippen LogP contribution >= 0.6 is 11.6 Å². The lowest BCUT2D eigenvalue weighted by Crippen LogP contribution is -2.46. The Morgan fingerprint density at radius 2 is 2.18 bits per heavy atom. The van der Waals surface area contributed by atoms with E-state index < -0.39 is 5.60 Å². The molecule has 1 aliphatic heterocycles. The highest BCUT2D eigenvalue weighted by Gasteiger charge is 2.57. The molecule has 0 bridgehead atoms. The van der Waals surface area contributed by atoms with Crippen molar-refractivity contribution >= 4 is 23.2 Å². The van der Waals surface area contributed by atoms with Crippen molar-refractivity contribution in [2.75, 3.05) is 4.90 Å². The maximum absolute atomic E-state index is 12.6. The van der Waals surface area contributed by atoms with Gasteiger partial charge in [0.25, 0.3) is 0 Å². The minimum absolute atomic E-state index is 0.0647. The van der Waals surface area contributed by atoms with Crippen LogP contribution in [0.15, 0.2) is 12.1 Å². The largest absolute Gasteiger partial charge is 0.387 e. The van der Waals surface area contributed by atoms with Crippen molar-refractivity contribution in [3.8, 4) is 6.07 Å². The molecule has 1 heterocycles. The molecular weight excluding hydrogens is 300 g/mol. The van der Waals surface area contributed by atoms with Gasteiger partial charge in [0.15, 0.2) is 0 Å². The molecule has 2 aliphatic rings. The molecule has 0 radical (unpaired) electrons. The number of carbonyl (C=O) groups excluding carboxylic acids is 1. The summed E-state index contributed by atoms with van der Waals surface area (Å²) in [5.41, 5.74) is 0.892. The van der Waals surface area contributed by atoms with Gasteiger partial charge in [0, 0.05) is 5.69 Å². The zero-order valence-corrected chi connectivity index (χ0v) is 13.5. The van der Waals surface area contributed by atoms with Gasteiger partial charge >= 0.3 is 0 Å². The predicted molar refractivity (Wildman–Crippen MR) is 84.8 cm³/mol. The number of carbonyl (C=O) groups is 1. The van der Waals surface area contributed by atoms with Crippen LogP contribution in [0.1, 0.15) is 43.7 Å². The SMILES string of the molecule is CC[C@@H]1N(c2ccc(C#N)c(Cl)c2C)C(=O)C[C@@]1(O)C1CC1. The molecule has 0 aromatic heterocycles. The Kier molecular flexibility index (Phi) is 3.66. The molecule has 1 saturated heterocycles. The van der Waals surface area contributed by atoms with Crippen molar-refractivity contribution in [3.63, 3.8) is 0 Å². The Morgan fingerprint density at radius 3 is 2.73 bits per heavy atom. The van der Waals surface area contributed by atoms with Gasteiger partial charge in [-0.15, -0.1) is 0 Å². The fourth-order valence-corrected chi connectivity index (χ4v) is 3.90. The molecule has 1 aromatic carbocycles. The maximum Gasteiger partial charge on any atom is 0.230 e. The van der Waals surface area contributed by atoms with Gasteiger partial charge < -0.3 is 10.0 Å². The quantitative estimate of drug-likeness (QED) is 0.931. The van der Waals surface area contributed by atoms with Crippen molar-refractivity contribution in [1.82, 2.24) is 0 Å². The van der Waals surface area contributed by atoms with Crippen LogP contribution in [0.2, 0.25) is 5.02 Å². The Bertz CT molecular complexity index is 678. The first kappa shape index (κ1) is 15.3. The Hall–Kier alpha value is -1.57. The molecule has 1 N–H and O–H groups in total. The van der Waals surface area contributed by atoms with E-state index >= 15 is 0 Å². The van der Waals surface area contributed by atoms with Crippen LogP contribution < -0.4 is 4.90 Å². The van der Waals surface area contributed by atoms with Crippen LogP contribution in [-0.4, -0.2) is 22.7 Å². The summed E-state index contributed by atoms with van der Waals surface area (Å²) in [6.07, 6.45) is 2.84. The predicted octanol–water partition coefficient (Wildman–Crippen LogP) is 3.18. The average molecular weight is 319 g/mol. The highest BCUT2D eigenvalue weighted by molar-refractivity contribution is 6.33. The number of halogens is 1. The van der Waals surface area contributed by atoms with Gasteiger partial charge in [-0.25, -0.2) is 0 Å². The number of nitriles is 1. The lowest BCUT2D eigenvalue weighted by Gasteiger charge is -2.34. The normalized spacial score (nSPS) is 28.0. The van der Waals surface area contributed by atoms with E-state index in [2.05, 4.69) is 0 Å². The first-order chi connectivity index (χ1) is 10.4. The van der Waals surface area contributed by atoms with E-state index in [1.165, 1.54) is 0 Å². The van der Waals surface area contributed by atoms with E-state index in [0.717, 1.165) is 12.8 Å². The second-order valence-corrected chi connectivity index (χ2v) is 6.69. The third-order valence-corrected chi connectivity index (χ3v) is 5.49. The topological polar surface area (TPSA) is 64.3 Å². The van der Waals surface area contributed by atoms with Crippen LogP contribution in [-0.2, 0) is 4.79 Å². The standard InChI is InChI=1S/C17H19ClN2O2/c1-3-14-17(22,12-5-6-12)8-15(21)20(14)13-7-4-11(9-19)16(18)10(13)2/h4,7,12,14,22H,3,5-6,8H2,1-2H3/t14-,17+/m0/s1. The van der Waals surface area contributed by atoms with Crippen LogP contribution in [0, 0.1) is 24.2 Å². The van der Waals surface area contributed by atoms with E-state index in [0.29, 0.717) is 28.3 Å². The number of amides is 1. The summed E-state index contributed by atoms with van der Waals surface area (Å²) in [5, 5.41) is 20.4. The van der Waals surface area contributed by atoms with Gasteiger partial charge in [-0.3, -0.25) is 4.79 Å². The second kappa shape index (κ2) is 5.26. The lowest BCUT2D eigenvalue weighted by molar-refractivity contribution is -0.118. The molecule has 116 valence electrons. The molecule has 1 saturated carbocycles. The first-order valence-electron chi connectivity index (χ1n) is 7.67. The monoisotopic (exact) mass is 318 g/mol. The van der Waals surface area contributed by atoms with E-state index in [4.69, 9.17) is 16.9 Å². The van der Waals surface area contributed by atoms with Crippen molar-refractivity contribution in [2.45, 2.75) is 51.2 Å². The summed E-state index contributed by atoms with van der Waals surface area (Å²) in [4.78, 5) is 14.3. The fraction of sp³-hybridized carbons (Fsp3) is 0.529. The molecule has 1 amide bonds. The highest BCUT2D eigenvalue weighted by atomic mass is 35.5. The number of nitrogens with zero attached hydrogens (tertiary/aromatic N) is 2. The minimum Gasteiger partial charge on any atom is -0.387 e. The molecule has 2 atom stereocenters. The Morgan fingerprint density at radius 1 is 1.50 bits per heavy atom. The second-order valence-electron chi connectivity index (χ2n) is 6.31. The van der Waals surface area contributed by atoms with E-state index in [-0.39, 0.29) is 24.3 Å². The zero-order valence-electron chi connectivity index (χ0n) is 12.8. The van der Waals surface area contributed by atoms with Gasteiger partial charge in [0.05, 0.1) is 28.6 Å². The Labute approximate surface area is 135 Å². The van der Waals surface area contributed by atoms with Crippen LogP contribution in [0.25, 0.3) is 0 Å². The molecule has 3 rings (SSSR count). The Balaban J connectivity index is 2.06. The van der Waals surface area contributed by atoms with Gasteiger partial charge in [-0.05, 0) is 49.8 Å². The fourth-order valence-electron chi connectivity index (χ4n) is 3.70. The van der Waals surface area contributed by atoms with Crippen LogP contribution in [0.5, 0.6) is 0 Å². The highest BCUT2D eigenvalue weighted by Crippen LogP contribution is 2.50. The molecular formula is C17H19ClN2O2. The number of hydrogen-bond donors (Lipinski definition) is 1. The van der Waals surface area contributed by atoms with Crippen LogP contribution in [0.3, 0.4) is 0 Å². The summed E-state index contributed by atoms with van der Waals surface area (Å²) in [6.45, 7) is 3.80. The summed E-state index contributed by atoms with van der Waals surface area (Å²) < 4.78 is 0. The number of hydrogen-bond acceptors (Lipinski definition) is 3. The van der Waals surface area contributed by atoms with E-state index in [9.17, 15) is 9.90 Å². The summed E-state index contributed by atoms with van der Waals surface area (Å²) >= 11 is 6.24. The molecule has 0 spiro atoms. The average Bonchev–Trinajstić information content (AvgIpc) is 3.29. The van der Waals surface area contributed by atoms with Gasteiger partial charge in [0.1, 0.15) is 6.07 Å². The van der Waals surface area contributed by atoms with E-state index in [1.807, 2.05) is 19.9 Å². The van der Waals surface area contributed by atoms with Crippen molar-refractivity contribution in [2.24, 2.45) is 5.92 Å². The van der Waals surface area contributed by atoms with E-state index in [1.54, 1.807) is 17.0 Å². The third kappa shape index (κ3) is 2.12. The van der Waals surface area contributed by atoms with Crippen molar-refractivity contribution in [1.29, 1.82) is 5.26 Å². The van der Waals surface area contributed by atoms with Crippen molar-refractivity contribution < 1.29 is 9.90 Å². The summed E-state index contributed by atoms with van der Waals surface area (Å²) in [6, 6.07) is 5.22. The van der Waals surface area contributed by atoms with Crippen molar-refractivity contribution in [3.05, 3.63) is 28.3 Å². The smallest absolute Gasteiger partial charge is 0.230 e. The number of benzene rings is 1. The zero-order chi connectivity index (χ0) is 16.1. The molecule has 0 unspecified atom stereocenters. The number of rotatable bonds is 3. The summed E-state index contributed by atoms with van der Waals surface area (Å²) in [5.74, 6) is 0.158. The maximum atomic E-state index is 12.6. The molecule has 4 nitrogen and oxygen atoms in total. The number of aliphatic hydroxyl groups is 1. The minimum atomic E-state index is -0.932. The lowest BCUT2D eigenvalue weighted by atomic mass is 9.87. The molecule has 22 heavy (non-hydrogen) atoms. The van der Waals surface area contributed by atoms with Gasteiger partial charge in [-0.1, -0.05) is 18.5 Å². The molecule has 2 fully saturated rings. The van der Waals surface area contributed by atoms with Gasteiger partial charge in [-0.2, -0.15) is 5.26 Å². The molecule has 1 aliphatic carbocycles.